The molecule has 1 aromatic heterocycles. The number of aromatic amines is 1. The fourth-order valence-electron chi connectivity index (χ4n) is 3.28. The van der Waals surface area contributed by atoms with Gasteiger partial charge >= 0.3 is 0 Å². The Hall–Kier alpha value is -3.33. The SMILES string of the molecule is Cc1cccc(N[C@H](C(=O)c2c[nH]c3ccccc23)c2ccccc2)c1. The average molecular weight is 340 g/mol. The van der Waals surface area contributed by atoms with Crippen LogP contribution < -0.4 is 5.32 Å². The number of para-hydroxylation sites is 1. The molecule has 0 fully saturated rings. The van der Waals surface area contributed by atoms with Crippen LogP contribution in [0.3, 0.4) is 0 Å². The Balaban J connectivity index is 1.76. The lowest BCUT2D eigenvalue weighted by molar-refractivity contribution is 0.0971. The smallest absolute Gasteiger partial charge is 0.191 e. The minimum Gasteiger partial charge on any atom is -0.371 e. The molecule has 0 saturated carbocycles. The van der Waals surface area contributed by atoms with Crippen LogP contribution in [0.4, 0.5) is 5.69 Å². The molecule has 4 aromatic rings. The number of Topliss-reactive ketones (excluding diaryl/α,β-unsaturated/α-hetero) is 1. The second kappa shape index (κ2) is 6.89. The van der Waals surface area contributed by atoms with Gasteiger partial charge in [0.05, 0.1) is 0 Å². The van der Waals surface area contributed by atoms with Crippen LogP contribution in [0, 0.1) is 6.92 Å². The van der Waals surface area contributed by atoms with Gasteiger partial charge in [0.1, 0.15) is 6.04 Å². The molecular weight excluding hydrogens is 320 g/mol. The van der Waals surface area contributed by atoms with Crippen molar-refractivity contribution in [2.24, 2.45) is 0 Å². The average Bonchev–Trinajstić information content (AvgIpc) is 3.10. The number of carbonyl (C=O) groups excluding carboxylic acids is 1. The molecule has 1 heterocycles. The normalized spacial score (nSPS) is 12.0. The minimum absolute atomic E-state index is 0.0511. The Bertz CT molecular complexity index is 1050. The Morgan fingerprint density at radius 1 is 0.923 bits per heavy atom. The van der Waals surface area contributed by atoms with Gasteiger partial charge in [-0.15, -0.1) is 0 Å². The van der Waals surface area contributed by atoms with E-state index in [4.69, 9.17) is 0 Å². The monoisotopic (exact) mass is 340 g/mol. The van der Waals surface area contributed by atoms with E-state index in [9.17, 15) is 4.79 Å². The molecule has 1 atom stereocenters. The minimum atomic E-state index is -0.447. The second-order valence-electron chi connectivity index (χ2n) is 6.47. The van der Waals surface area contributed by atoms with E-state index in [-0.39, 0.29) is 5.78 Å². The Labute approximate surface area is 152 Å². The zero-order valence-electron chi connectivity index (χ0n) is 14.6. The molecule has 0 aliphatic rings. The topological polar surface area (TPSA) is 44.9 Å². The molecule has 4 rings (SSSR count). The summed E-state index contributed by atoms with van der Waals surface area (Å²) < 4.78 is 0. The molecule has 0 bridgehead atoms. The highest BCUT2D eigenvalue weighted by Crippen LogP contribution is 2.27. The fourth-order valence-corrected chi connectivity index (χ4v) is 3.28. The number of aryl methyl sites for hydroxylation is 1. The largest absolute Gasteiger partial charge is 0.371 e. The van der Waals surface area contributed by atoms with Gasteiger partial charge in [-0.25, -0.2) is 0 Å². The van der Waals surface area contributed by atoms with Crippen molar-refractivity contribution < 1.29 is 4.79 Å². The first-order chi connectivity index (χ1) is 12.7. The van der Waals surface area contributed by atoms with Crippen LogP contribution in [0.25, 0.3) is 10.9 Å². The van der Waals surface area contributed by atoms with Gasteiger partial charge in [0.2, 0.25) is 0 Å². The number of anilines is 1. The van der Waals surface area contributed by atoms with E-state index in [0.29, 0.717) is 5.56 Å². The standard InChI is InChI=1S/C23H20N2O/c1-16-8-7-11-18(14-16)25-22(17-9-3-2-4-10-17)23(26)20-15-24-21-13-6-5-12-19(20)21/h2-15,22,24-25H,1H3/t22-/m0/s1. The number of hydrogen-bond donors (Lipinski definition) is 2. The number of aromatic nitrogens is 1. The number of H-pyrrole nitrogens is 1. The maximum Gasteiger partial charge on any atom is 0.191 e. The van der Waals surface area contributed by atoms with Gasteiger partial charge in [0.25, 0.3) is 0 Å². The van der Waals surface area contributed by atoms with Gasteiger partial charge in [-0.1, -0.05) is 60.7 Å². The molecule has 26 heavy (non-hydrogen) atoms. The summed E-state index contributed by atoms with van der Waals surface area (Å²) in [7, 11) is 0. The zero-order valence-corrected chi connectivity index (χ0v) is 14.6. The van der Waals surface area contributed by atoms with Gasteiger partial charge in [-0.05, 0) is 36.2 Å². The third-order valence-corrected chi connectivity index (χ3v) is 4.58. The van der Waals surface area contributed by atoms with Gasteiger partial charge in [-0.3, -0.25) is 4.79 Å². The molecule has 0 saturated heterocycles. The second-order valence-corrected chi connectivity index (χ2v) is 6.47. The van der Waals surface area contributed by atoms with Gasteiger partial charge < -0.3 is 10.3 Å². The summed E-state index contributed by atoms with van der Waals surface area (Å²) in [6.45, 7) is 2.05. The molecule has 0 unspecified atom stereocenters. The van der Waals surface area contributed by atoms with Crippen molar-refractivity contribution in [3.05, 3.63) is 102 Å². The van der Waals surface area contributed by atoms with Crippen molar-refractivity contribution in [2.45, 2.75) is 13.0 Å². The number of benzene rings is 3. The van der Waals surface area contributed by atoms with Crippen molar-refractivity contribution >= 4 is 22.4 Å². The van der Waals surface area contributed by atoms with Crippen LogP contribution in [0.1, 0.15) is 27.5 Å². The first-order valence-electron chi connectivity index (χ1n) is 8.71. The lowest BCUT2D eigenvalue weighted by atomic mass is 9.96. The van der Waals surface area contributed by atoms with Crippen molar-refractivity contribution in [1.29, 1.82) is 0 Å². The van der Waals surface area contributed by atoms with Gasteiger partial charge in [-0.2, -0.15) is 0 Å². The molecule has 3 nitrogen and oxygen atoms in total. The van der Waals surface area contributed by atoms with E-state index in [0.717, 1.165) is 27.7 Å². The van der Waals surface area contributed by atoms with Crippen molar-refractivity contribution in [2.75, 3.05) is 5.32 Å². The zero-order chi connectivity index (χ0) is 17.9. The maximum atomic E-state index is 13.4. The Kier molecular flexibility index (Phi) is 4.28. The summed E-state index contributed by atoms with van der Waals surface area (Å²) in [6.07, 6.45) is 1.81. The highest BCUT2D eigenvalue weighted by Gasteiger charge is 2.24. The molecular formula is C23H20N2O. The predicted molar refractivity (Wildman–Crippen MR) is 107 cm³/mol. The highest BCUT2D eigenvalue weighted by molar-refractivity contribution is 6.11. The first kappa shape index (κ1) is 16.2. The van der Waals surface area contributed by atoms with Crippen LogP contribution in [-0.4, -0.2) is 10.8 Å². The molecule has 0 radical (unpaired) electrons. The number of ketones is 1. The molecule has 2 N–H and O–H groups in total. The lowest BCUT2D eigenvalue weighted by Crippen LogP contribution is -2.21. The first-order valence-corrected chi connectivity index (χ1v) is 8.71. The van der Waals surface area contributed by atoms with Gasteiger partial charge in [0.15, 0.2) is 5.78 Å². The van der Waals surface area contributed by atoms with E-state index >= 15 is 0 Å². The summed E-state index contributed by atoms with van der Waals surface area (Å²) in [4.78, 5) is 16.6. The predicted octanol–water partition coefficient (Wildman–Crippen LogP) is 5.51. The summed E-state index contributed by atoms with van der Waals surface area (Å²) in [5.74, 6) is 0.0511. The Morgan fingerprint density at radius 3 is 2.50 bits per heavy atom. The molecule has 0 aliphatic carbocycles. The van der Waals surface area contributed by atoms with Crippen LogP contribution in [-0.2, 0) is 0 Å². The van der Waals surface area contributed by atoms with Crippen molar-refractivity contribution in [3.8, 4) is 0 Å². The van der Waals surface area contributed by atoms with Crippen molar-refractivity contribution in [1.82, 2.24) is 4.98 Å². The fraction of sp³-hybridized carbons (Fsp3) is 0.0870. The molecule has 0 spiro atoms. The lowest BCUT2D eigenvalue weighted by Gasteiger charge is -2.19. The van der Waals surface area contributed by atoms with Crippen LogP contribution in [0.15, 0.2) is 85.1 Å². The molecule has 128 valence electrons. The molecule has 0 aliphatic heterocycles. The number of carbonyl (C=O) groups is 1. The summed E-state index contributed by atoms with van der Waals surface area (Å²) in [5, 5.41) is 4.37. The van der Waals surface area contributed by atoms with Gasteiger partial charge in [0, 0.05) is 28.4 Å². The van der Waals surface area contributed by atoms with Crippen LogP contribution in [0.2, 0.25) is 0 Å². The van der Waals surface area contributed by atoms with E-state index in [1.165, 1.54) is 0 Å². The van der Waals surface area contributed by atoms with Crippen LogP contribution in [0.5, 0.6) is 0 Å². The highest BCUT2D eigenvalue weighted by atomic mass is 16.1. The Morgan fingerprint density at radius 2 is 1.69 bits per heavy atom. The number of fused-ring (bicyclic) bond motifs is 1. The molecule has 0 amide bonds. The van der Waals surface area contributed by atoms with E-state index < -0.39 is 6.04 Å². The van der Waals surface area contributed by atoms with E-state index in [1.54, 1.807) is 6.20 Å². The summed E-state index contributed by atoms with van der Waals surface area (Å²) >= 11 is 0. The quantitative estimate of drug-likeness (QED) is 0.470. The summed E-state index contributed by atoms with van der Waals surface area (Å²) in [5.41, 5.74) is 4.71. The number of rotatable bonds is 5. The molecule has 3 aromatic carbocycles. The van der Waals surface area contributed by atoms with E-state index in [1.807, 2.05) is 79.7 Å². The van der Waals surface area contributed by atoms with Crippen LogP contribution >= 0.6 is 0 Å². The maximum absolute atomic E-state index is 13.4. The molecule has 3 heteroatoms. The number of hydrogen-bond acceptors (Lipinski definition) is 2. The van der Waals surface area contributed by atoms with Crippen molar-refractivity contribution in [3.63, 3.8) is 0 Å². The van der Waals surface area contributed by atoms with E-state index in [2.05, 4.69) is 16.4 Å². The third-order valence-electron chi connectivity index (χ3n) is 4.58. The third kappa shape index (κ3) is 3.11. The summed E-state index contributed by atoms with van der Waals surface area (Å²) in [6, 6.07) is 25.4. The number of nitrogens with one attached hydrogen (secondary N) is 2.